The minimum atomic E-state index is -4.38. The maximum Gasteiger partial charge on any atom is 0.416 e. The molecule has 2 aromatic rings. The molecule has 0 saturated carbocycles. The van der Waals surface area contributed by atoms with Gasteiger partial charge in [-0.1, -0.05) is 29.8 Å². The molecule has 7 heteroatoms. The molecule has 1 amide bonds. The number of hydrogen-bond acceptors (Lipinski definition) is 2. The van der Waals surface area contributed by atoms with E-state index in [4.69, 9.17) is 11.6 Å². The molecule has 1 aromatic carbocycles. The SMILES string of the molecule is C=CCN(Cc1ccc(Cl)s1)C(=O)Cc1ccc(C(F)(F)F)cc1. The van der Waals surface area contributed by atoms with Crippen molar-refractivity contribution in [2.24, 2.45) is 0 Å². The third-order valence-electron chi connectivity index (χ3n) is 3.31. The van der Waals surface area contributed by atoms with Gasteiger partial charge < -0.3 is 4.90 Å². The van der Waals surface area contributed by atoms with Gasteiger partial charge in [-0.15, -0.1) is 17.9 Å². The molecule has 0 bridgehead atoms. The molecule has 0 spiro atoms. The van der Waals surface area contributed by atoms with Gasteiger partial charge in [0.25, 0.3) is 0 Å². The minimum Gasteiger partial charge on any atom is -0.334 e. The summed E-state index contributed by atoms with van der Waals surface area (Å²) in [6, 6.07) is 8.23. The predicted octanol–water partition coefficient (Wildman–Crippen LogP) is 5.18. The van der Waals surface area contributed by atoms with Crippen LogP contribution in [-0.2, 0) is 23.9 Å². The van der Waals surface area contributed by atoms with Gasteiger partial charge in [-0.3, -0.25) is 4.79 Å². The van der Waals surface area contributed by atoms with E-state index in [0.29, 0.717) is 23.0 Å². The number of thiophene rings is 1. The van der Waals surface area contributed by atoms with Crippen LogP contribution in [0.3, 0.4) is 0 Å². The molecule has 0 saturated heterocycles. The average Bonchev–Trinajstić information content (AvgIpc) is 2.91. The van der Waals surface area contributed by atoms with Crippen LogP contribution < -0.4 is 0 Å². The Bertz CT molecular complexity index is 709. The number of carbonyl (C=O) groups is 1. The molecule has 1 aromatic heterocycles. The Morgan fingerprint density at radius 1 is 1.21 bits per heavy atom. The Labute approximate surface area is 147 Å². The first kappa shape index (κ1) is 18.5. The van der Waals surface area contributed by atoms with Crippen molar-refractivity contribution in [3.05, 3.63) is 69.4 Å². The first-order valence-corrected chi connectivity index (χ1v) is 8.28. The van der Waals surface area contributed by atoms with E-state index in [1.165, 1.54) is 23.5 Å². The largest absolute Gasteiger partial charge is 0.416 e. The van der Waals surface area contributed by atoms with Gasteiger partial charge in [0.05, 0.1) is 22.9 Å². The highest BCUT2D eigenvalue weighted by atomic mass is 35.5. The van der Waals surface area contributed by atoms with Crippen LogP contribution in [-0.4, -0.2) is 17.4 Å². The molecular weight excluding hydrogens is 359 g/mol. The summed E-state index contributed by atoms with van der Waals surface area (Å²) in [6.45, 7) is 4.38. The van der Waals surface area contributed by atoms with Crippen LogP contribution in [0, 0.1) is 0 Å². The van der Waals surface area contributed by atoms with Gasteiger partial charge in [0.2, 0.25) is 5.91 Å². The summed E-state index contributed by atoms with van der Waals surface area (Å²) in [5, 5.41) is 0. The van der Waals surface area contributed by atoms with E-state index in [1.54, 1.807) is 17.0 Å². The van der Waals surface area contributed by atoms with Gasteiger partial charge in [-0.05, 0) is 29.8 Å². The molecule has 0 atom stereocenters. The molecule has 2 rings (SSSR count). The summed E-state index contributed by atoms with van der Waals surface area (Å²) in [7, 11) is 0. The Morgan fingerprint density at radius 2 is 1.88 bits per heavy atom. The minimum absolute atomic E-state index is 0.0328. The molecule has 128 valence electrons. The third kappa shape index (κ3) is 5.11. The quantitative estimate of drug-likeness (QED) is 0.639. The highest BCUT2D eigenvalue weighted by Crippen LogP contribution is 2.29. The number of carbonyl (C=O) groups excluding carboxylic acids is 1. The molecule has 0 aliphatic rings. The zero-order valence-corrected chi connectivity index (χ0v) is 14.2. The number of alkyl halides is 3. The number of nitrogens with zero attached hydrogens (tertiary/aromatic N) is 1. The van der Waals surface area contributed by atoms with E-state index in [2.05, 4.69) is 6.58 Å². The smallest absolute Gasteiger partial charge is 0.334 e. The van der Waals surface area contributed by atoms with Crippen LogP contribution in [0.1, 0.15) is 16.0 Å². The van der Waals surface area contributed by atoms with E-state index >= 15 is 0 Å². The van der Waals surface area contributed by atoms with Crippen LogP contribution in [0.25, 0.3) is 0 Å². The summed E-state index contributed by atoms with van der Waals surface area (Å²) in [4.78, 5) is 14.9. The fourth-order valence-corrected chi connectivity index (χ4v) is 3.24. The molecule has 0 N–H and O–H groups in total. The topological polar surface area (TPSA) is 20.3 Å². The molecule has 0 fully saturated rings. The zero-order valence-electron chi connectivity index (χ0n) is 12.6. The highest BCUT2D eigenvalue weighted by Gasteiger charge is 2.30. The van der Waals surface area contributed by atoms with E-state index < -0.39 is 11.7 Å². The number of rotatable bonds is 6. The Hall–Kier alpha value is -1.79. The first-order chi connectivity index (χ1) is 11.3. The lowest BCUT2D eigenvalue weighted by Gasteiger charge is -2.20. The van der Waals surface area contributed by atoms with Crippen LogP contribution in [0.15, 0.2) is 49.1 Å². The van der Waals surface area contributed by atoms with Crippen molar-refractivity contribution < 1.29 is 18.0 Å². The molecule has 1 heterocycles. The Kier molecular flexibility index (Phi) is 6.07. The Morgan fingerprint density at radius 3 is 2.38 bits per heavy atom. The molecule has 2 nitrogen and oxygen atoms in total. The van der Waals surface area contributed by atoms with Crippen LogP contribution in [0.5, 0.6) is 0 Å². The fourth-order valence-electron chi connectivity index (χ4n) is 2.13. The number of halogens is 4. The standard InChI is InChI=1S/C17H15ClF3NOS/c1-2-9-22(11-14-7-8-15(18)24-14)16(23)10-12-3-5-13(6-4-12)17(19,20)21/h2-8H,1,9-11H2. The summed E-state index contributed by atoms with van der Waals surface area (Å²) in [5.41, 5.74) is -0.193. The molecule has 0 aliphatic heterocycles. The summed E-state index contributed by atoms with van der Waals surface area (Å²) in [6.07, 6.45) is -2.74. The van der Waals surface area contributed by atoms with Crippen molar-refractivity contribution in [1.29, 1.82) is 0 Å². The second-order valence-corrected chi connectivity index (χ2v) is 6.94. The Balaban J connectivity index is 2.05. The maximum absolute atomic E-state index is 12.6. The molecule has 24 heavy (non-hydrogen) atoms. The number of amides is 1. The van der Waals surface area contributed by atoms with Crippen molar-refractivity contribution in [2.75, 3.05) is 6.54 Å². The lowest BCUT2D eigenvalue weighted by atomic mass is 10.1. The monoisotopic (exact) mass is 373 g/mol. The van der Waals surface area contributed by atoms with E-state index in [9.17, 15) is 18.0 Å². The fraction of sp³-hybridized carbons (Fsp3) is 0.235. The normalized spacial score (nSPS) is 11.3. The summed E-state index contributed by atoms with van der Waals surface area (Å²) in [5.74, 6) is -0.181. The van der Waals surface area contributed by atoms with Crippen molar-refractivity contribution in [3.8, 4) is 0 Å². The van der Waals surface area contributed by atoms with E-state index in [0.717, 1.165) is 17.0 Å². The van der Waals surface area contributed by atoms with Crippen LogP contribution in [0.2, 0.25) is 4.34 Å². The van der Waals surface area contributed by atoms with Crippen LogP contribution in [0.4, 0.5) is 13.2 Å². The second kappa shape index (κ2) is 7.85. The second-order valence-electron chi connectivity index (χ2n) is 5.14. The number of hydrogen-bond donors (Lipinski definition) is 0. The van der Waals surface area contributed by atoms with Gasteiger partial charge in [-0.25, -0.2) is 0 Å². The first-order valence-electron chi connectivity index (χ1n) is 7.08. The molecule has 0 aliphatic carbocycles. The van der Waals surface area contributed by atoms with E-state index in [-0.39, 0.29) is 12.3 Å². The van der Waals surface area contributed by atoms with Gasteiger partial charge in [-0.2, -0.15) is 13.2 Å². The van der Waals surface area contributed by atoms with Gasteiger partial charge >= 0.3 is 6.18 Å². The third-order valence-corrected chi connectivity index (χ3v) is 4.53. The molecule has 0 unspecified atom stereocenters. The van der Waals surface area contributed by atoms with Gasteiger partial charge in [0.1, 0.15) is 0 Å². The predicted molar refractivity (Wildman–Crippen MR) is 90.1 cm³/mol. The van der Waals surface area contributed by atoms with E-state index in [1.807, 2.05) is 6.07 Å². The van der Waals surface area contributed by atoms with Gasteiger partial charge in [0.15, 0.2) is 0 Å². The maximum atomic E-state index is 12.6. The molecule has 0 radical (unpaired) electrons. The summed E-state index contributed by atoms with van der Waals surface area (Å²) >= 11 is 7.27. The summed E-state index contributed by atoms with van der Waals surface area (Å²) < 4.78 is 38.3. The zero-order chi connectivity index (χ0) is 17.7. The van der Waals surface area contributed by atoms with Crippen molar-refractivity contribution in [1.82, 2.24) is 4.90 Å². The highest BCUT2D eigenvalue weighted by molar-refractivity contribution is 7.16. The lowest BCUT2D eigenvalue weighted by Crippen LogP contribution is -2.31. The number of benzene rings is 1. The van der Waals surface area contributed by atoms with Crippen LogP contribution >= 0.6 is 22.9 Å². The lowest BCUT2D eigenvalue weighted by molar-refractivity contribution is -0.137. The van der Waals surface area contributed by atoms with Crippen molar-refractivity contribution in [3.63, 3.8) is 0 Å². The van der Waals surface area contributed by atoms with Crippen molar-refractivity contribution in [2.45, 2.75) is 19.1 Å². The molecular formula is C17H15ClF3NOS. The average molecular weight is 374 g/mol. The van der Waals surface area contributed by atoms with Crippen molar-refractivity contribution >= 4 is 28.8 Å². The van der Waals surface area contributed by atoms with Gasteiger partial charge in [0, 0.05) is 11.4 Å².